The highest BCUT2D eigenvalue weighted by Crippen LogP contribution is 2.32. The molecule has 1 aromatic rings. The van der Waals surface area contributed by atoms with Gasteiger partial charge in [-0.25, -0.2) is 12.7 Å². The van der Waals surface area contributed by atoms with Crippen LogP contribution in [-0.4, -0.2) is 37.2 Å². The minimum atomic E-state index is -3.12. The molecule has 0 spiro atoms. The van der Waals surface area contributed by atoms with E-state index < -0.39 is 16.1 Å². The number of aliphatic hydroxyl groups excluding tert-OH is 1. The van der Waals surface area contributed by atoms with Crippen molar-refractivity contribution in [3.8, 4) is 0 Å². The fourth-order valence-electron chi connectivity index (χ4n) is 2.46. The molecular formula is C12H18ClNO3S2. The highest BCUT2D eigenvalue weighted by atomic mass is 35.5. The molecule has 1 fully saturated rings. The summed E-state index contributed by atoms with van der Waals surface area (Å²) in [5.41, 5.74) is 0. The Labute approximate surface area is 123 Å². The van der Waals surface area contributed by atoms with Gasteiger partial charge in [-0.15, -0.1) is 11.3 Å². The summed E-state index contributed by atoms with van der Waals surface area (Å²) in [4.78, 5) is 0.849. The largest absolute Gasteiger partial charge is 0.388 e. The van der Waals surface area contributed by atoms with E-state index in [2.05, 4.69) is 0 Å². The molecule has 0 aliphatic carbocycles. The van der Waals surface area contributed by atoms with Crippen molar-refractivity contribution in [2.75, 3.05) is 19.3 Å². The molecule has 0 aromatic carbocycles. The summed E-state index contributed by atoms with van der Waals surface area (Å²) in [5, 5.41) is 12.6. The van der Waals surface area contributed by atoms with Gasteiger partial charge in [-0.1, -0.05) is 11.6 Å². The van der Waals surface area contributed by atoms with Gasteiger partial charge in [0.15, 0.2) is 0 Å². The van der Waals surface area contributed by atoms with Crippen molar-refractivity contribution in [1.29, 1.82) is 0 Å². The average Bonchev–Trinajstić information content (AvgIpc) is 2.75. The number of rotatable bonds is 4. The van der Waals surface area contributed by atoms with E-state index in [9.17, 15) is 13.5 Å². The van der Waals surface area contributed by atoms with E-state index in [4.69, 9.17) is 11.6 Å². The maximum Gasteiger partial charge on any atom is 0.211 e. The lowest BCUT2D eigenvalue weighted by atomic mass is 9.93. The highest BCUT2D eigenvalue weighted by Gasteiger charge is 2.27. The van der Waals surface area contributed by atoms with E-state index in [1.807, 2.05) is 0 Å². The van der Waals surface area contributed by atoms with Crippen molar-refractivity contribution in [3.05, 3.63) is 21.3 Å². The van der Waals surface area contributed by atoms with Crippen LogP contribution in [-0.2, 0) is 10.0 Å². The number of thiophene rings is 1. The first kappa shape index (κ1) is 15.3. The maximum absolute atomic E-state index is 11.5. The first-order chi connectivity index (χ1) is 8.86. The summed E-state index contributed by atoms with van der Waals surface area (Å²) in [5.74, 6) is 0.208. The van der Waals surface area contributed by atoms with Crippen LogP contribution in [0.4, 0.5) is 0 Å². The molecule has 0 bridgehead atoms. The molecule has 1 aromatic heterocycles. The third-order valence-corrected chi connectivity index (χ3v) is 6.07. The number of sulfonamides is 1. The van der Waals surface area contributed by atoms with Gasteiger partial charge in [-0.3, -0.25) is 0 Å². The van der Waals surface area contributed by atoms with Crippen LogP contribution in [0.5, 0.6) is 0 Å². The number of hydrogen-bond acceptors (Lipinski definition) is 4. The zero-order valence-corrected chi connectivity index (χ0v) is 13.1. The molecule has 2 rings (SSSR count). The van der Waals surface area contributed by atoms with Crippen molar-refractivity contribution >= 4 is 33.0 Å². The van der Waals surface area contributed by atoms with Crippen molar-refractivity contribution in [3.63, 3.8) is 0 Å². The first-order valence-corrected chi connectivity index (χ1v) is 9.34. The van der Waals surface area contributed by atoms with Gasteiger partial charge in [0, 0.05) is 23.3 Å². The van der Waals surface area contributed by atoms with Crippen molar-refractivity contribution in [2.24, 2.45) is 5.92 Å². The Morgan fingerprint density at radius 2 is 2.37 bits per heavy atom. The molecule has 4 nitrogen and oxygen atoms in total. The van der Waals surface area contributed by atoms with Crippen LogP contribution in [0.2, 0.25) is 5.02 Å². The van der Waals surface area contributed by atoms with Crippen LogP contribution >= 0.6 is 22.9 Å². The smallest absolute Gasteiger partial charge is 0.211 e. The van der Waals surface area contributed by atoms with Crippen LogP contribution in [0.1, 0.15) is 30.2 Å². The molecule has 0 saturated carbocycles. The number of piperidine rings is 1. The standard InChI is InChI=1S/C12H18ClNO3S2/c1-19(16,17)14-4-2-3-9(7-14)5-11(15)12-6-10(13)8-18-12/h6,8-9,11,15H,2-5,7H2,1H3. The van der Waals surface area contributed by atoms with Crippen molar-refractivity contribution < 1.29 is 13.5 Å². The van der Waals surface area contributed by atoms with Gasteiger partial charge < -0.3 is 5.11 Å². The molecule has 1 aliphatic rings. The third kappa shape index (κ3) is 4.16. The zero-order valence-electron chi connectivity index (χ0n) is 10.8. The fourth-order valence-corrected chi connectivity index (χ4v) is 4.48. The second-order valence-corrected chi connectivity index (χ2v) is 8.41. The summed E-state index contributed by atoms with van der Waals surface area (Å²) in [7, 11) is -3.12. The minimum Gasteiger partial charge on any atom is -0.388 e. The molecule has 0 radical (unpaired) electrons. The highest BCUT2D eigenvalue weighted by molar-refractivity contribution is 7.88. The summed E-state index contributed by atoms with van der Waals surface area (Å²) >= 11 is 7.28. The second kappa shape index (κ2) is 6.10. The molecule has 1 N–H and O–H groups in total. The Bertz CT molecular complexity index is 529. The summed E-state index contributed by atoms with van der Waals surface area (Å²) in [6.45, 7) is 1.10. The predicted molar refractivity (Wildman–Crippen MR) is 78.0 cm³/mol. The molecule has 19 heavy (non-hydrogen) atoms. The van der Waals surface area contributed by atoms with E-state index in [0.717, 1.165) is 17.7 Å². The molecule has 1 aliphatic heterocycles. The van der Waals surface area contributed by atoms with E-state index in [1.165, 1.54) is 21.9 Å². The van der Waals surface area contributed by atoms with Gasteiger partial charge in [0.2, 0.25) is 10.0 Å². The molecule has 108 valence electrons. The predicted octanol–water partition coefficient (Wildman–Crippen LogP) is 2.50. The minimum absolute atomic E-state index is 0.208. The number of halogens is 1. The molecular weight excluding hydrogens is 306 g/mol. The SMILES string of the molecule is CS(=O)(=O)N1CCCC(CC(O)c2cc(Cl)cs2)C1. The number of hydrogen-bond donors (Lipinski definition) is 1. The monoisotopic (exact) mass is 323 g/mol. The van der Waals surface area contributed by atoms with Crippen LogP contribution in [0.25, 0.3) is 0 Å². The van der Waals surface area contributed by atoms with Crippen molar-refractivity contribution in [1.82, 2.24) is 4.31 Å². The van der Waals surface area contributed by atoms with Gasteiger partial charge in [-0.2, -0.15) is 0 Å². The fraction of sp³-hybridized carbons (Fsp3) is 0.667. The summed E-state index contributed by atoms with van der Waals surface area (Å²) < 4.78 is 24.6. The molecule has 7 heteroatoms. The molecule has 2 unspecified atom stereocenters. The Balaban J connectivity index is 1.95. The maximum atomic E-state index is 11.5. The van der Waals surface area contributed by atoms with Gasteiger partial charge in [0.05, 0.1) is 17.4 Å². The molecule has 1 saturated heterocycles. The number of aliphatic hydroxyl groups is 1. The van der Waals surface area contributed by atoms with Crippen LogP contribution in [0.3, 0.4) is 0 Å². The van der Waals surface area contributed by atoms with E-state index in [-0.39, 0.29) is 5.92 Å². The van der Waals surface area contributed by atoms with E-state index >= 15 is 0 Å². The Hall–Kier alpha value is -0.140. The Kier molecular flexibility index (Phi) is 4.89. The molecule has 0 amide bonds. The van der Waals surface area contributed by atoms with Crippen LogP contribution in [0.15, 0.2) is 11.4 Å². The lowest BCUT2D eigenvalue weighted by Crippen LogP contribution is -2.39. The van der Waals surface area contributed by atoms with Gasteiger partial charge >= 0.3 is 0 Å². The Morgan fingerprint density at radius 3 is 2.95 bits per heavy atom. The molecule has 2 heterocycles. The van der Waals surface area contributed by atoms with Gasteiger partial charge in [0.25, 0.3) is 0 Å². The lowest BCUT2D eigenvalue weighted by Gasteiger charge is -2.31. The van der Waals surface area contributed by atoms with Crippen molar-refractivity contribution in [2.45, 2.75) is 25.4 Å². The Morgan fingerprint density at radius 1 is 1.63 bits per heavy atom. The number of nitrogens with zero attached hydrogens (tertiary/aromatic N) is 1. The summed E-state index contributed by atoms with van der Waals surface area (Å²) in [6, 6.07) is 1.77. The normalized spacial score (nSPS) is 23.4. The lowest BCUT2D eigenvalue weighted by molar-refractivity contribution is 0.125. The van der Waals surface area contributed by atoms with Gasteiger partial charge in [0.1, 0.15) is 0 Å². The van der Waals surface area contributed by atoms with E-state index in [1.54, 1.807) is 11.4 Å². The molecule has 2 atom stereocenters. The van der Waals surface area contributed by atoms with E-state index in [0.29, 0.717) is 24.5 Å². The van der Waals surface area contributed by atoms with Crippen LogP contribution < -0.4 is 0 Å². The average molecular weight is 324 g/mol. The zero-order chi connectivity index (χ0) is 14.0. The van der Waals surface area contributed by atoms with Gasteiger partial charge in [-0.05, 0) is 31.2 Å². The quantitative estimate of drug-likeness (QED) is 0.926. The summed E-state index contributed by atoms with van der Waals surface area (Å²) in [6.07, 6.45) is 3.09. The second-order valence-electron chi connectivity index (χ2n) is 5.05. The first-order valence-electron chi connectivity index (χ1n) is 6.23. The van der Waals surface area contributed by atoms with Crippen LogP contribution in [0, 0.1) is 5.92 Å². The topological polar surface area (TPSA) is 57.6 Å². The third-order valence-electron chi connectivity index (χ3n) is 3.42.